The Morgan fingerprint density at radius 1 is 1.47 bits per heavy atom. The Morgan fingerprint density at radius 3 is 2.88 bits per heavy atom. The van der Waals surface area contributed by atoms with Crippen molar-refractivity contribution in [3.63, 3.8) is 0 Å². The van der Waals surface area contributed by atoms with Crippen molar-refractivity contribution in [3.8, 4) is 0 Å². The van der Waals surface area contributed by atoms with Crippen molar-refractivity contribution in [2.75, 3.05) is 11.1 Å². The van der Waals surface area contributed by atoms with E-state index in [9.17, 15) is 0 Å². The van der Waals surface area contributed by atoms with Crippen LogP contribution >= 0.6 is 15.9 Å². The predicted molar refractivity (Wildman–Crippen MR) is 72.2 cm³/mol. The highest BCUT2D eigenvalue weighted by Gasteiger charge is 2.10. The third kappa shape index (κ3) is 2.41. The molecule has 0 aliphatic carbocycles. The molecule has 0 aromatic carbocycles. The van der Waals surface area contributed by atoms with E-state index in [0.29, 0.717) is 5.69 Å². The molecule has 0 fully saturated rings. The first-order chi connectivity index (χ1) is 8.11. The number of nitrogen functional groups attached to an aromatic ring is 1. The summed E-state index contributed by atoms with van der Waals surface area (Å²) in [6, 6.07) is 0. The molecule has 3 N–H and O–H groups in total. The summed E-state index contributed by atoms with van der Waals surface area (Å²) < 4.78 is 2.62. The van der Waals surface area contributed by atoms with Gasteiger partial charge in [0, 0.05) is 19.4 Å². The van der Waals surface area contributed by atoms with Crippen molar-refractivity contribution >= 4 is 33.0 Å². The highest BCUT2D eigenvalue weighted by Crippen LogP contribution is 2.31. The summed E-state index contributed by atoms with van der Waals surface area (Å²) in [7, 11) is 1.90. The van der Waals surface area contributed by atoms with Gasteiger partial charge in [0.15, 0.2) is 0 Å². The van der Waals surface area contributed by atoms with Crippen LogP contribution in [0.1, 0.15) is 12.6 Å². The van der Waals surface area contributed by atoms with Gasteiger partial charge in [0.1, 0.15) is 0 Å². The summed E-state index contributed by atoms with van der Waals surface area (Å²) >= 11 is 3.43. The molecular weight excluding hydrogens is 282 g/mol. The van der Waals surface area contributed by atoms with E-state index in [-0.39, 0.29) is 0 Å². The van der Waals surface area contributed by atoms with Gasteiger partial charge in [-0.15, -0.1) is 0 Å². The minimum atomic E-state index is 0.602. The molecule has 0 saturated carbocycles. The molecule has 6 heteroatoms. The van der Waals surface area contributed by atoms with Crippen molar-refractivity contribution in [2.24, 2.45) is 7.05 Å². The molecule has 0 unspecified atom stereocenters. The lowest BCUT2D eigenvalue weighted by atomic mass is 10.2. The summed E-state index contributed by atoms with van der Waals surface area (Å²) in [4.78, 5) is 4.00. The van der Waals surface area contributed by atoms with Crippen LogP contribution in [-0.2, 0) is 13.5 Å². The lowest BCUT2D eigenvalue weighted by molar-refractivity contribution is 0.746. The van der Waals surface area contributed by atoms with Gasteiger partial charge in [0.25, 0.3) is 0 Å². The van der Waals surface area contributed by atoms with Crippen LogP contribution in [-0.4, -0.2) is 14.8 Å². The second kappa shape index (κ2) is 4.75. The van der Waals surface area contributed by atoms with Crippen molar-refractivity contribution in [1.82, 2.24) is 14.8 Å². The molecule has 0 bridgehead atoms. The Kier molecular flexibility index (Phi) is 3.33. The quantitative estimate of drug-likeness (QED) is 0.913. The fourth-order valence-corrected chi connectivity index (χ4v) is 2.06. The van der Waals surface area contributed by atoms with E-state index in [0.717, 1.165) is 28.0 Å². The van der Waals surface area contributed by atoms with Gasteiger partial charge in [-0.3, -0.25) is 9.67 Å². The van der Waals surface area contributed by atoms with E-state index in [1.807, 2.05) is 13.2 Å². The van der Waals surface area contributed by atoms with Crippen LogP contribution in [0.15, 0.2) is 23.1 Å². The average Bonchev–Trinajstić information content (AvgIpc) is 2.64. The fourth-order valence-electron chi connectivity index (χ4n) is 1.62. The Labute approximate surface area is 108 Å². The van der Waals surface area contributed by atoms with Crippen LogP contribution < -0.4 is 11.1 Å². The van der Waals surface area contributed by atoms with Crippen LogP contribution in [0.2, 0.25) is 0 Å². The topological polar surface area (TPSA) is 68.8 Å². The van der Waals surface area contributed by atoms with Crippen LogP contribution in [0.4, 0.5) is 17.1 Å². The number of hydrogen-bond donors (Lipinski definition) is 2. The van der Waals surface area contributed by atoms with E-state index >= 15 is 0 Å². The number of nitrogens with two attached hydrogens (primary N) is 1. The Morgan fingerprint density at radius 2 is 2.24 bits per heavy atom. The van der Waals surface area contributed by atoms with Gasteiger partial charge < -0.3 is 11.1 Å². The lowest BCUT2D eigenvalue weighted by Gasteiger charge is -2.09. The minimum absolute atomic E-state index is 0.602. The summed E-state index contributed by atoms with van der Waals surface area (Å²) in [5, 5.41) is 7.65. The van der Waals surface area contributed by atoms with Gasteiger partial charge in [-0.2, -0.15) is 5.10 Å². The second-order valence-corrected chi connectivity index (χ2v) is 4.58. The van der Waals surface area contributed by atoms with Gasteiger partial charge in [-0.1, -0.05) is 6.92 Å². The minimum Gasteiger partial charge on any atom is -0.396 e. The molecule has 0 amide bonds. The number of aryl methyl sites for hydroxylation is 2. The normalized spacial score (nSPS) is 10.5. The third-order valence-electron chi connectivity index (χ3n) is 2.43. The smallest absolute Gasteiger partial charge is 0.0856 e. The standard InChI is InChI=1S/C11H14BrN5/c1-3-9-10(6-17(2)16-9)15-11-7(12)4-14-5-8(11)13/h4-6H,3,13H2,1-2H3,(H,14,15). The Bertz CT molecular complexity index is 514. The van der Waals surface area contributed by atoms with Crippen LogP contribution in [0.5, 0.6) is 0 Å². The maximum Gasteiger partial charge on any atom is 0.0856 e. The SMILES string of the molecule is CCc1nn(C)cc1Nc1c(N)cncc1Br. The van der Waals surface area contributed by atoms with Gasteiger partial charge in [-0.05, 0) is 22.4 Å². The third-order valence-corrected chi connectivity index (χ3v) is 3.03. The molecule has 0 radical (unpaired) electrons. The monoisotopic (exact) mass is 295 g/mol. The maximum absolute atomic E-state index is 5.89. The van der Waals surface area contributed by atoms with Gasteiger partial charge in [-0.25, -0.2) is 0 Å². The number of halogens is 1. The predicted octanol–water partition coefficient (Wildman–Crippen LogP) is 2.47. The number of nitrogens with one attached hydrogen (secondary N) is 1. The number of hydrogen-bond acceptors (Lipinski definition) is 4. The molecular formula is C11H14BrN5. The molecule has 0 atom stereocenters. The summed E-state index contributed by atoms with van der Waals surface area (Å²) in [5.41, 5.74) is 9.29. The van der Waals surface area contributed by atoms with E-state index in [1.54, 1.807) is 17.1 Å². The Hall–Kier alpha value is -1.56. The molecule has 2 rings (SSSR count). The van der Waals surface area contributed by atoms with E-state index in [1.165, 1.54) is 0 Å². The lowest BCUT2D eigenvalue weighted by Crippen LogP contribution is -1.99. The molecule has 0 aliphatic rings. The summed E-state index contributed by atoms with van der Waals surface area (Å²) in [5.74, 6) is 0. The summed E-state index contributed by atoms with van der Waals surface area (Å²) in [6.45, 7) is 2.07. The molecule has 2 aromatic heterocycles. The van der Waals surface area contributed by atoms with Gasteiger partial charge in [0.05, 0.1) is 33.4 Å². The number of rotatable bonds is 3. The van der Waals surface area contributed by atoms with Crippen LogP contribution in [0.3, 0.4) is 0 Å². The van der Waals surface area contributed by atoms with Crippen LogP contribution in [0, 0.1) is 0 Å². The highest BCUT2D eigenvalue weighted by atomic mass is 79.9. The van der Waals surface area contributed by atoms with E-state index in [2.05, 4.69) is 38.3 Å². The maximum atomic E-state index is 5.89. The molecule has 5 nitrogen and oxygen atoms in total. The highest BCUT2D eigenvalue weighted by molar-refractivity contribution is 9.10. The molecule has 2 aromatic rings. The largest absolute Gasteiger partial charge is 0.396 e. The molecule has 0 spiro atoms. The van der Waals surface area contributed by atoms with E-state index in [4.69, 9.17) is 5.73 Å². The molecule has 0 aliphatic heterocycles. The van der Waals surface area contributed by atoms with Crippen molar-refractivity contribution in [2.45, 2.75) is 13.3 Å². The molecule has 90 valence electrons. The van der Waals surface area contributed by atoms with E-state index < -0.39 is 0 Å². The number of aromatic nitrogens is 3. The molecule has 2 heterocycles. The van der Waals surface area contributed by atoms with Crippen molar-refractivity contribution < 1.29 is 0 Å². The average molecular weight is 296 g/mol. The zero-order chi connectivity index (χ0) is 12.4. The zero-order valence-electron chi connectivity index (χ0n) is 9.74. The molecule has 17 heavy (non-hydrogen) atoms. The first-order valence-corrected chi connectivity index (χ1v) is 6.09. The van der Waals surface area contributed by atoms with Crippen molar-refractivity contribution in [1.29, 1.82) is 0 Å². The number of pyridine rings is 1. The zero-order valence-corrected chi connectivity index (χ0v) is 11.3. The van der Waals surface area contributed by atoms with Crippen LogP contribution in [0.25, 0.3) is 0 Å². The second-order valence-electron chi connectivity index (χ2n) is 3.73. The molecule has 0 saturated heterocycles. The summed E-state index contributed by atoms with van der Waals surface area (Å²) in [6.07, 6.45) is 6.13. The van der Waals surface area contributed by atoms with Crippen molar-refractivity contribution in [3.05, 3.63) is 28.8 Å². The van der Waals surface area contributed by atoms with Gasteiger partial charge >= 0.3 is 0 Å². The number of anilines is 3. The number of nitrogens with zero attached hydrogens (tertiary/aromatic N) is 3. The first-order valence-electron chi connectivity index (χ1n) is 5.30. The first kappa shape index (κ1) is 11.9. The fraction of sp³-hybridized carbons (Fsp3) is 0.273. The van der Waals surface area contributed by atoms with Gasteiger partial charge in [0.2, 0.25) is 0 Å². The Balaban J connectivity index is 2.37.